The highest BCUT2D eigenvalue weighted by Gasteiger charge is 2.62. The minimum atomic E-state index is -3.89. The van der Waals surface area contributed by atoms with Crippen LogP contribution < -0.4 is 25.4 Å². The zero-order chi connectivity index (χ0) is 36.5. The van der Waals surface area contributed by atoms with Gasteiger partial charge in [-0.05, 0) is 76.3 Å². The van der Waals surface area contributed by atoms with E-state index in [1.807, 2.05) is 24.3 Å². The Kier molecular flexibility index (Phi) is 10.2. The number of allylic oxidation sites excluding steroid dienone is 1. The third-order valence-corrected chi connectivity index (χ3v) is 12.6. The lowest BCUT2D eigenvalue weighted by Gasteiger charge is -2.30. The maximum atomic E-state index is 14.4. The fourth-order valence-electron chi connectivity index (χ4n) is 7.54. The van der Waals surface area contributed by atoms with E-state index in [1.54, 1.807) is 18.2 Å². The highest BCUT2D eigenvalue weighted by atomic mass is 32.2. The Morgan fingerprint density at radius 2 is 1.79 bits per heavy atom. The van der Waals surface area contributed by atoms with Gasteiger partial charge in [0.25, 0.3) is 11.8 Å². The molecule has 7 rings (SSSR count). The summed E-state index contributed by atoms with van der Waals surface area (Å²) in [4.78, 5) is 75.1. The van der Waals surface area contributed by atoms with Crippen LogP contribution in [0.15, 0.2) is 42.5 Å². The van der Waals surface area contributed by atoms with E-state index >= 15 is 0 Å². The quantitative estimate of drug-likeness (QED) is 0.343. The first-order chi connectivity index (χ1) is 25.0. The van der Waals surface area contributed by atoms with Crippen molar-refractivity contribution < 1.29 is 37.1 Å². The molecule has 2 aromatic rings. The van der Waals surface area contributed by atoms with Crippen molar-refractivity contribution >= 4 is 50.5 Å². The van der Waals surface area contributed by atoms with E-state index in [0.29, 0.717) is 62.8 Å². The minimum absolute atomic E-state index is 0.0183. The average molecular weight is 735 g/mol. The fourth-order valence-corrected chi connectivity index (χ4v) is 8.90. The van der Waals surface area contributed by atoms with Crippen LogP contribution in [-0.2, 0) is 29.2 Å². The summed E-state index contributed by atoms with van der Waals surface area (Å²) in [6.45, 7) is 0.394. The number of hydrogen-bond donors (Lipinski definition) is 4. The van der Waals surface area contributed by atoms with Gasteiger partial charge in [-0.15, -0.1) is 0 Å². The van der Waals surface area contributed by atoms with Crippen molar-refractivity contribution in [2.24, 2.45) is 5.92 Å². The molecule has 1 aromatic carbocycles. The predicted molar refractivity (Wildman–Crippen MR) is 190 cm³/mol. The van der Waals surface area contributed by atoms with Crippen LogP contribution >= 0.6 is 0 Å². The summed E-state index contributed by atoms with van der Waals surface area (Å²) < 4.78 is 33.8. The molecule has 5 atom stereocenters. The van der Waals surface area contributed by atoms with Crippen LogP contribution in [0.5, 0.6) is 5.75 Å². The number of benzene rings is 1. The zero-order valence-electron chi connectivity index (χ0n) is 29.1. The highest BCUT2D eigenvalue weighted by molar-refractivity contribution is 7.91. The van der Waals surface area contributed by atoms with Crippen molar-refractivity contribution in [2.75, 3.05) is 13.2 Å². The number of aromatic nitrogens is 1. The van der Waals surface area contributed by atoms with Crippen LogP contribution in [0.25, 0.3) is 10.9 Å². The van der Waals surface area contributed by atoms with Crippen LogP contribution in [0.4, 0.5) is 0 Å². The summed E-state index contributed by atoms with van der Waals surface area (Å²) in [6, 6.07) is 6.27. The van der Waals surface area contributed by atoms with Crippen molar-refractivity contribution in [3.05, 3.63) is 48.2 Å². The Morgan fingerprint density at radius 3 is 2.62 bits per heavy atom. The largest absolute Gasteiger partial charge is 0.491 e. The molecule has 2 aliphatic carbocycles. The first kappa shape index (κ1) is 35.9. The monoisotopic (exact) mass is 734 g/mol. The molecule has 4 heterocycles. The molecule has 3 aliphatic heterocycles. The molecule has 2 saturated carbocycles. The number of hydrogen-bond acceptors (Lipinski definition) is 9. The van der Waals surface area contributed by atoms with Crippen molar-refractivity contribution in [3.63, 3.8) is 0 Å². The smallest absolute Gasteiger partial charge is 0.270 e. The Hall–Kier alpha value is -4.53. The van der Waals surface area contributed by atoms with E-state index < -0.39 is 68.5 Å². The van der Waals surface area contributed by atoms with Crippen LogP contribution in [0, 0.1) is 5.92 Å². The molecule has 15 heteroatoms. The van der Waals surface area contributed by atoms with Crippen LogP contribution in [0.1, 0.15) is 94.0 Å². The summed E-state index contributed by atoms with van der Waals surface area (Å²) in [5.74, 6) is -2.51. The van der Waals surface area contributed by atoms with Gasteiger partial charge in [-0.3, -0.25) is 28.7 Å². The van der Waals surface area contributed by atoms with Gasteiger partial charge < -0.3 is 25.6 Å². The number of ether oxygens (including phenoxy) is 1. The van der Waals surface area contributed by atoms with Crippen LogP contribution in [0.3, 0.4) is 0 Å². The van der Waals surface area contributed by atoms with Gasteiger partial charge in [0.15, 0.2) is 0 Å². The molecule has 52 heavy (non-hydrogen) atoms. The van der Waals surface area contributed by atoms with E-state index in [4.69, 9.17) is 4.74 Å². The third kappa shape index (κ3) is 7.79. The van der Waals surface area contributed by atoms with E-state index in [9.17, 15) is 32.4 Å². The zero-order valence-corrected chi connectivity index (χ0v) is 29.9. The van der Waals surface area contributed by atoms with E-state index in [2.05, 4.69) is 25.7 Å². The summed E-state index contributed by atoms with van der Waals surface area (Å²) >= 11 is 0. The van der Waals surface area contributed by atoms with Crippen LogP contribution in [-0.4, -0.2) is 89.9 Å². The molecule has 4 N–H and O–H groups in total. The van der Waals surface area contributed by atoms with Gasteiger partial charge in [-0.25, -0.2) is 13.4 Å². The second-order valence-electron chi connectivity index (χ2n) is 14.7. The van der Waals surface area contributed by atoms with Crippen molar-refractivity contribution in [2.45, 2.75) is 112 Å². The van der Waals surface area contributed by atoms with Gasteiger partial charge in [-0.1, -0.05) is 43.2 Å². The van der Waals surface area contributed by atoms with Gasteiger partial charge >= 0.3 is 0 Å². The average Bonchev–Trinajstić information content (AvgIpc) is 4.04. The molecule has 0 radical (unpaired) electrons. The second-order valence-corrected chi connectivity index (χ2v) is 16.7. The number of nitrogens with one attached hydrogen (secondary N) is 4. The van der Waals surface area contributed by atoms with Crippen LogP contribution in [0.2, 0.25) is 0 Å². The lowest BCUT2D eigenvalue weighted by molar-refractivity contribution is -0.142. The lowest BCUT2D eigenvalue weighted by Crippen LogP contribution is -2.58. The molecule has 5 bridgehead atoms. The molecule has 5 amide bonds. The Bertz CT molecular complexity index is 1900. The van der Waals surface area contributed by atoms with E-state index in [0.717, 1.165) is 24.6 Å². The van der Waals surface area contributed by atoms with Gasteiger partial charge in [0, 0.05) is 30.3 Å². The van der Waals surface area contributed by atoms with E-state index in [1.165, 1.54) is 4.90 Å². The summed E-state index contributed by atoms with van der Waals surface area (Å²) in [6.07, 6.45) is 10.6. The van der Waals surface area contributed by atoms with Gasteiger partial charge in [0.05, 0.1) is 11.9 Å². The molecule has 3 fully saturated rings. The number of carbonyl (C=O) groups is 5. The summed E-state index contributed by atoms with van der Waals surface area (Å²) in [5, 5.41) is 8.91. The van der Waals surface area contributed by atoms with Crippen molar-refractivity contribution in [3.8, 4) is 5.75 Å². The summed E-state index contributed by atoms with van der Waals surface area (Å²) in [5.41, 5.74) is -0.824. The van der Waals surface area contributed by atoms with Crippen molar-refractivity contribution in [1.82, 2.24) is 30.6 Å². The van der Waals surface area contributed by atoms with Gasteiger partial charge in [-0.2, -0.15) is 0 Å². The summed E-state index contributed by atoms with van der Waals surface area (Å²) in [7, 11) is -3.89. The maximum absolute atomic E-state index is 14.4. The number of para-hydroxylation sites is 1. The predicted octanol–water partition coefficient (Wildman–Crippen LogP) is 2.38. The molecule has 0 spiro atoms. The number of amides is 5. The van der Waals surface area contributed by atoms with Gasteiger partial charge in [0.1, 0.15) is 34.6 Å². The number of sulfonamides is 1. The second kappa shape index (κ2) is 14.8. The number of nitrogens with zero attached hydrogens (tertiary/aromatic N) is 2. The first-order valence-corrected chi connectivity index (χ1v) is 20.1. The molecule has 278 valence electrons. The normalized spacial score (nSPS) is 29.9. The molecule has 1 aromatic heterocycles. The molecule has 1 unspecified atom stereocenters. The standard InChI is InChI=1S/C37H46N6O8S/c44-31-14-7-4-8-19-51-30-13-9-10-23-15-18-27(40-32(23)30)33(45)38-25-20-29-34(46)41-37(36(48)42-52(49,50)26-16-17-26)21-24(37)11-5-2-1-3-6-12-28(39-31)35(47)43(29)22-25/h5,9-11,13,15,18,24-26,28-29H,1-4,6-8,12,14,16-17,19-22H2,(H,38,45)(H,39,44)(H,41,46)(H,42,48)/b11-5-/t24-,25+,28+,29+,37?/m1/s1. The topological polar surface area (TPSA) is 193 Å². The number of rotatable bonds is 3. The molecular formula is C37H46N6O8S. The Balaban J connectivity index is 1.20. The molecule has 14 nitrogen and oxygen atoms in total. The number of pyridine rings is 1. The number of carbonyl (C=O) groups excluding carboxylic acids is 5. The Labute approximate surface area is 302 Å². The lowest BCUT2D eigenvalue weighted by atomic mass is 10.0. The SMILES string of the molecule is O=C1CCCCCOc2cccc3ccc(nc23)C(=O)N[C@H]2C[C@H]3C(=O)NC4(C(=O)NS(=O)(=O)C5CC5)C[C@H]4/C=C\CCCCC[C@H](N1)C(=O)N3C2. The first-order valence-electron chi connectivity index (χ1n) is 18.5. The van der Waals surface area contributed by atoms with Gasteiger partial charge in [0.2, 0.25) is 27.7 Å². The number of fused-ring (bicyclic) bond motifs is 4. The molecular weight excluding hydrogens is 689 g/mol. The minimum Gasteiger partial charge on any atom is -0.491 e. The third-order valence-electron chi connectivity index (χ3n) is 10.8. The van der Waals surface area contributed by atoms with E-state index in [-0.39, 0.29) is 37.4 Å². The maximum Gasteiger partial charge on any atom is 0.270 e. The van der Waals surface area contributed by atoms with Crippen molar-refractivity contribution in [1.29, 1.82) is 0 Å². The fraction of sp³-hybridized carbons (Fsp3) is 0.568. The molecule has 5 aliphatic rings. The highest BCUT2D eigenvalue weighted by Crippen LogP contribution is 2.46. The Morgan fingerprint density at radius 1 is 0.962 bits per heavy atom. The molecule has 1 saturated heterocycles.